The minimum absolute atomic E-state index is 0.345. The van der Waals surface area contributed by atoms with Gasteiger partial charge in [-0.1, -0.05) is 0 Å². The Labute approximate surface area is 53.8 Å². The van der Waals surface area contributed by atoms with Crippen LogP contribution in [0.3, 0.4) is 0 Å². The molecule has 2 rings (SSSR count). The number of rotatable bonds is 1. The molecular formula is C6H11FN2. The average molecular weight is 130 g/mol. The highest BCUT2D eigenvalue weighted by Crippen LogP contribution is 2.46. The Bertz CT molecular complexity index is 127. The lowest BCUT2D eigenvalue weighted by Gasteiger charge is -2.41. The van der Waals surface area contributed by atoms with Crippen LogP contribution >= 0.6 is 0 Å². The Morgan fingerprint density at radius 2 is 2.00 bits per heavy atom. The van der Waals surface area contributed by atoms with Crippen molar-refractivity contribution in [3.8, 4) is 0 Å². The smallest absolute Gasteiger partial charge is 0.141 e. The van der Waals surface area contributed by atoms with E-state index < -0.39 is 5.67 Å². The summed E-state index contributed by atoms with van der Waals surface area (Å²) in [6, 6.07) is 0. The van der Waals surface area contributed by atoms with Crippen LogP contribution in [0.4, 0.5) is 4.39 Å². The van der Waals surface area contributed by atoms with Gasteiger partial charge in [-0.3, -0.25) is 5.84 Å². The number of hydrogen-bond donors (Lipinski definition) is 1. The third kappa shape index (κ3) is 0.756. The van der Waals surface area contributed by atoms with Crippen LogP contribution in [0.5, 0.6) is 0 Å². The third-order valence-electron chi connectivity index (χ3n) is 2.24. The topological polar surface area (TPSA) is 29.3 Å². The molecule has 52 valence electrons. The average Bonchev–Trinajstić information content (AvgIpc) is 2.39. The zero-order valence-corrected chi connectivity index (χ0v) is 5.31. The SMILES string of the molecule is NN1CC(F)(C2CC2)C1. The fourth-order valence-corrected chi connectivity index (χ4v) is 1.49. The lowest BCUT2D eigenvalue weighted by atomic mass is 9.93. The molecule has 2 fully saturated rings. The highest BCUT2D eigenvalue weighted by Gasteiger charge is 2.53. The summed E-state index contributed by atoms with van der Waals surface area (Å²) in [6.45, 7) is 0.912. The van der Waals surface area contributed by atoms with Gasteiger partial charge >= 0.3 is 0 Å². The maximum Gasteiger partial charge on any atom is 0.141 e. The minimum Gasteiger partial charge on any atom is -0.269 e. The largest absolute Gasteiger partial charge is 0.269 e. The van der Waals surface area contributed by atoms with Crippen LogP contribution in [-0.2, 0) is 0 Å². The van der Waals surface area contributed by atoms with Gasteiger partial charge < -0.3 is 0 Å². The number of nitrogens with zero attached hydrogens (tertiary/aromatic N) is 1. The normalized spacial score (nSPS) is 34.0. The van der Waals surface area contributed by atoms with Crippen LogP contribution < -0.4 is 5.84 Å². The lowest BCUT2D eigenvalue weighted by Crippen LogP contribution is -2.63. The number of nitrogens with two attached hydrogens (primary N) is 1. The maximum atomic E-state index is 13.2. The van der Waals surface area contributed by atoms with E-state index in [9.17, 15) is 4.39 Å². The molecule has 1 saturated heterocycles. The van der Waals surface area contributed by atoms with Crippen molar-refractivity contribution in [1.82, 2.24) is 5.01 Å². The van der Waals surface area contributed by atoms with Gasteiger partial charge in [0.2, 0.25) is 0 Å². The second kappa shape index (κ2) is 1.47. The van der Waals surface area contributed by atoms with Crippen LogP contribution in [0.25, 0.3) is 0 Å². The van der Waals surface area contributed by atoms with Gasteiger partial charge in [0.15, 0.2) is 0 Å². The second-order valence-corrected chi connectivity index (χ2v) is 3.21. The summed E-state index contributed by atoms with van der Waals surface area (Å²) < 4.78 is 13.2. The summed E-state index contributed by atoms with van der Waals surface area (Å²) in [5, 5.41) is 1.54. The number of hydrogen-bond acceptors (Lipinski definition) is 2. The molecule has 0 aromatic heterocycles. The van der Waals surface area contributed by atoms with E-state index in [0.29, 0.717) is 19.0 Å². The van der Waals surface area contributed by atoms with Gasteiger partial charge in [0.1, 0.15) is 5.67 Å². The number of alkyl halides is 1. The van der Waals surface area contributed by atoms with Crippen LogP contribution in [0.2, 0.25) is 0 Å². The lowest BCUT2D eigenvalue weighted by molar-refractivity contribution is -0.0490. The number of halogens is 1. The molecule has 1 saturated carbocycles. The van der Waals surface area contributed by atoms with E-state index in [0.717, 1.165) is 12.8 Å². The Morgan fingerprint density at radius 3 is 2.33 bits per heavy atom. The molecule has 0 atom stereocenters. The summed E-state index contributed by atoms with van der Waals surface area (Å²) in [6.07, 6.45) is 2.15. The van der Waals surface area contributed by atoms with Crippen molar-refractivity contribution in [2.24, 2.45) is 11.8 Å². The van der Waals surface area contributed by atoms with Crippen molar-refractivity contribution in [2.45, 2.75) is 18.5 Å². The Hall–Kier alpha value is -0.150. The van der Waals surface area contributed by atoms with Gasteiger partial charge in [0, 0.05) is 13.1 Å². The summed E-state index contributed by atoms with van der Waals surface area (Å²) in [5.41, 5.74) is -0.894. The predicted octanol–water partition coefficient (Wildman–Crippen LogP) is 0.294. The van der Waals surface area contributed by atoms with E-state index in [2.05, 4.69) is 0 Å². The van der Waals surface area contributed by atoms with E-state index in [4.69, 9.17) is 5.84 Å². The fourth-order valence-electron chi connectivity index (χ4n) is 1.49. The highest BCUT2D eigenvalue weighted by atomic mass is 19.1. The quantitative estimate of drug-likeness (QED) is 0.517. The molecular weight excluding hydrogens is 119 g/mol. The molecule has 0 aromatic carbocycles. The van der Waals surface area contributed by atoms with Gasteiger partial charge in [-0.2, -0.15) is 0 Å². The second-order valence-electron chi connectivity index (χ2n) is 3.21. The van der Waals surface area contributed by atoms with Gasteiger partial charge in [0.05, 0.1) is 0 Å². The van der Waals surface area contributed by atoms with Gasteiger partial charge in [0.25, 0.3) is 0 Å². The standard InChI is InChI=1S/C6H11FN2/c7-6(5-1-2-5)3-9(8)4-6/h5H,1-4,8H2. The first-order valence-electron chi connectivity index (χ1n) is 3.39. The van der Waals surface area contributed by atoms with Crippen LogP contribution in [0, 0.1) is 5.92 Å². The van der Waals surface area contributed by atoms with Gasteiger partial charge in [-0.05, 0) is 18.8 Å². The molecule has 3 heteroatoms. The molecule has 0 spiro atoms. The molecule has 1 aliphatic carbocycles. The summed E-state index contributed by atoms with van der Waals surface area (Å²) in [5.74, 6) is 5.66. The predicted molar refractivity (Wildman–Crippen MR) is 32.3 cm³/mol. The van der Waals surface area contributed by atoms with E-state index in [1.54, 1.807) is 5.01 Å². The highest BCUT2D eigenvalue weighted by molar-refractivity contribution is 5.04. The molecule has 0 bridgehead atoms. The molecule has 0 aromatic rings. The van der Waals surface area contributed by atoms with Crippen LogP contribution in [0.1, 0.15) is 12.8 Å². The van der Waals surface area contributed by atoms with Crippen molar-refractivity contribution in [2.75, 3.05) is 13.1 Å². The van der Waals surface area contributed by atoms with E-state index in [-0.39, 0.29) is 0 Å². The molecule has 0 unspecified atom stereocenters. The zero-order chi connectivity index (χ0) is 6.48. The maximum absolute atomic E-state index is 13.2. The molecule has 0 radical (unpaired) electrons. The Morgan fingerprint density at radius 1 is 1.44 bits per heavy atom. The van der Waals surface area contributed by atoms with Crippen LogP contribution in [0.15, 0.2) is 0 Å². The van der Waals surface area contributed by atoms with Crippen molar-refractivity contribution in [1.29, 1.82) is 0 Å². The van der Waals surface area contributed by atoms with Crippen molar-refractivity contribution < 1.29 is 4.39 Å². The van der Waals surface area contributed by atoms with E-state index in [1.807, 2.05) is 0 Å². The van der Waals surface area contributed by atoms with Crippen molar-refractivity contribution in [3.63, 3.8) is 0 Å². The van der Waals surface area contributed by atoms with Crippen molar-refractivity contribution in [3.05, 3.63) is 0 Å². The van der Waals surface area contributed by atoms with Crippen LogP contribution in [-0.4, -0.2) is 23.8 Å². The summed E-state index contributed by atoms with van der Waals surface area (Å²) >= 11 is 0. The first-order valence-corrected chi connectivity index (χ1v) is 3.39. The minimum atomic E-state index is -0.894. The fraction of sp³-hybridized carbons (Fsp3) is 1.00. The monoisotopic (exact) mass is 130 g/mol. The molecule has 0 amide bonds. The first-order chi connectivity index (χ1) is 4.21. The van der Waals surface area contributed by atoms with Gasteiger partial charge in [-0.25, -0.2) is 9.40 Å². The molecule has 9 heavy (non-hydrogen) atoms. The molecule has 2 aliphatic rings. The summed E-state index contributed by atoms with van der Waals surface area (Å²) in [7, 11) is 0. The first kappa shape index (κ1) is 5.62. The molecule has 2 N–H and O–H groups in total. The van der Waals surface area contributed by atoms with E-state index >= 15 is 0 Å². The number of hydrazine groups is 1. The molecule has 1 heterocycles. The van der Waals surface area contributed by atoms with E-state index in [1.165, 1.54) is 0 Å². The third-order valence-corrected chi connectivity index (χ3v) is 2.24. The van der Waals surface area contributed by atoms with Gasteiger partial charge in [-0.15, -0.1) is 0 Å². The van der Waals surface area contributed by atoms with Crippen molar-refractivity contribution >= 4 is 0 Å². The Kier molecular flexibility index (Phi) is 0.916. The molecule has 1 aliphatic heterocycles. The Balaban J connectivity index is 1.94. The molecule has 2 nitrogen and oxygen atoms in total. The zero-order valence-electron chi connectivity index (χ0n) is 5.31. The summed E-state index contributed by atoms with van der Waals surface area (Å²) in [4.78, 5) is 0.